The van der Waals surface area contributed by atoms with Gasteiger partial charge in [0.2, 0.25) is 0 Å². The van der Waals surface area contributed by atoms with Gasteiger partial charge in [-0.3, -0.25) is 4.79 Å². The van der Waals surface area contributed by atoms with E-state index in [-0.39, 0.29) is 11.9 Å². The monoisotopic (exact) mass is 277 g/mol. The molecule has 1 fully saturated rings. The van der Waals surface area contributed by atoms with Crippen LogP contribution in [0.15, 0.2) is 24.3 Å². The first kappa shape index (κ1) is 14.9. The fourth-order valence-corrected chi connectivity index (χ4v) is 2.33. The molecule has 0 bridgehead atoms. The summed E-state index contributed by atoms with van der Waals surface area (Å²) in [7, 11) is 1.67. The fourth-order valence-electron chi connectivity index (χ4n) is 2.33. The minimum absolute atomic E-state index is 0.0531. The number of carbonyl (C=O) groups excluding carboxylic acids is 1. The molecule has 0 aromatic heterocycles. The highest BCUT2D eigenvalue weighted by atomic mass is 16.5. The molecule has 0 heterocycles. The molecule has 0 radical (unpaired) electrons. The molecule has 2 atom stereocenters. The van der Waals surface area contributed by atoms with Gasteiger partial charge in [-0.1, -0.05) is 6.92 Å². The van der Waals surface area contributed by atoms with Crippen molar-refractivity contribution in [2.45, 2.75) is 51.2 Å². The molecule has 0 aliphatic heterocycles. The summed E-state index contributed by atoms with van der Waals surface area (Å²) in [6.07, 6.45) is 3.26. The van der Waals surface area contributed by atoms with Crippen molar-refractivity contribution in [1.82, 2.24) is 5.32 Å². The van der Waals surface area contributed by atoms with Crippen molar-refractivity contribution in [3.05, 3.63) is 29.8 Å². The Morgan fingerprint density at radius 2 is 2.05 bits per heavy atom. The van der Waals surface area contributed by atoms with Crippen LogP contribution in [0.25, 0.3) is 0 Å². The molecule has 1 saturated carbocycles. The van der Waals surface area contributed by atoms with Gasteiger partial charge in [0, 0.05) is 18.0 Å². The van der Waals surface area contributed by atoms with Crippen LogP contribution in [-0.2, 0) is 4.79 Å². The van der Waals surface area contributed by atoms with Gasteiger partial charge in [0.05, 0.1) is 7.11 Å². The first-order chi connectivity index (χ1) is 9.63. The quantitative estimate of drug-likeness (QED) is 0.791. The fraction of sp³-hybridized carbons (Fsp3) is 0.562. The largest absolute Gasteiger partial charge is 0.497 e. The van der Waals surface area contributed by atoms with Crippen molar-refractivity contribution < 1.29 is 14.8 Å². The molecular formula is C16H25N2O2+. The zero-order chi connectivity index (χ0) is 14.5. The van der Waals surface area contributed by atoms with Crippen molar-refractivity contribution in [2.75, 3.05) is 7.11 Å². The number of nitrogens with one attached hydrogen (secondary N) is 1. The standard InChI is InChI=1S/C16H24N2O2/c1-4-15(12-5-9-14(20-3)10-6-12)17-11(2)16(19)18-13-7-8-13/h5-6,9-11,13,15,17H,4,7-8H2,1-3H3,(H,18,19)/p+1/t11-,15-/m1/s1. The van der Waals surface area contributed by atoms with E-state index in [1.165, 1.54) is 5.56 Å². The van der Waals surface area contributed by atoms with Crippen LogP contribution in [0.3, 0.4) is 0 Å². The Bertz CT molecular complexity index is 440. The van der Waals surface area contributed by atoms with E-state index in [1.807, 2.05) is 19.1 Å². The van der Waals surface area contributed by atoms with Crippen molar-refractivity contribution >= 4 is 5.91 Å². The van der Waals surface area contributed by atoms with E-state index in [2.05, 4.69) is 29.7 Å². The highest BCUT2D eigenvalue weighted by Crippen LogP contribution is 2.19. The molecule has 20 heavy (non-hydrogen) atoms. The SMILES string of the molecule is CC[C@@H]([NH2+][C@H](C)C(=O)NC1CC1)c1ccc(OC)cc1. The van der Waals surface area contributed by atoms with E-state index in [4.69, 9.17) is 4.74 Å². The van der Waals surface area contributed by atoms with E-state index < -0.39 is 0 Å². The molecule has 0 saturated heterocycles. The van der Waals surface area contributed by atoms with E-state index in [9.17, 15) is 4.79 Å². The zero-order valence-corrected chi connectivity index (χ0v) is 12.6. The number of rotatable bonds is 7. The van der Waals surface area contributed by atoms with Crippen molar-refractivity contribution in [1.29, 1.82) is 0 Å². The minimum atomic E-state index is -0.0531. The summed E-state index contributed by atoms with van der Waals surface area (Å²) in [6, 6.07) is 8.79. The molecule has 1 aliphatic carbocycles. The molecule has 3 N–H and O–H groups in total. The van der Waals surface area contributed by atoms with Crippen LogP contribution in [0, 0.1) is 0 Å². The van der Waals surface area contributed by atoms with Crippen LogP contribution in [0.2, 0.25) is 0 Å². The Kier molecular flexibility index (Phi) is 5.01. The third kappa shape index (κ3) is 3.97. The molecule has 4 heteroatoms. The number of hydrogen-bond donors (Lipinski definition) is 2. The number of quaternary nitrogens is 1. The molecule has 1 amide bonds. The summed E-state index contributed by atoms with van der Waals surface area (Å²) in [5.74, 6) is 1.02. The van der Waals surface area contributed by atoms with Crippen LogP contribution in [0.5, 0.6) is 5.75 Å². The Labute approximate surface area is 120 Å². The summed E-state index contributed by atoms with van der Waals surface area (Å²) in [5, 5.41) is 5.21. The zero-order valence-electron chi connectivity index (χ0n) is 12.6. The normalized spacial score (nSPS) is 17.4. The average Bonchev–Trinajstić information content (AvgIpc) is 3.28. The Balaban J connectivity index is 1.94. The number of ether oxygens (including phenoxy) is 1. The maximum Gasteiger partial charge on any atom is 0.278 e. The third-order valence-electron chi connectivity index (χ3n) is 3.84. The van der Waals surface area contributed by atoms with Crippen molar-refractivity contribution in [3.63, 3.8) is 0 Å². The van der Waals surface area contributed by atoms with Crippen LogP contribution in [0.4, 0.5) is 0 Å². The Hall–Kier alpha value is -1.55. The van der Waals surface area contributed by atoms with Gasteiger partial charge in [-0.25, -0.2) is 0 Å². The Morgan fingerprint density at radius 3 is 2.55 bits per heavy atom. The molecule has 4 nitrogen and oxygen atoms in total. The Morgan fingerprint density at radius 1 is 1.40 bits per heavy atom. The minimum Gasteiger partial charge on any atom is -0.497 e. The summed E-state index contributed by atoms with van der Waals surface area (Å²) in [5.41, 5.74) is 1.24. The number of carbonyl (C=O) groups is 1. The maximum atomic E-state index is 12.0. The van der Waals surface area contributed by atoms with Crippen LogP contribution < -0.4 is 15.4 Å². The van der Waals surface area contributed by atoms with Gasteiger partial charge in [-0.15, -0.1) is 0 Å². The predicted octanol–water partition coefficient (Wildman–Crippen LogP) is 1.38. The van der Waals surface area contributed by atoms with Gasteiger partial charge in [0.1, 0.15) is 11.8 Å². The molecule has 0 spiro atoms. The smallest absolute Gasteiger partial charge is 0.278 e. The lowest BCUT2D eigenvalue weighted by atomic mass is 10.0. The molecule has 2 rings (SSSR count). The number of hydrogen-bond acceptors (Lipinski definition) is 2. The number of benzene rings is 1. The highest BCUT2D eigenvalue weighted by molar-refractivity contribution is 5.80. The van der Waals surface area contributed by atoms with E-state index in [0.717, 1.165) is 25.0 Å². The highest BCUT2D eigenvalue weighted by Gasteiger charge is 2.28. The van der Waals surface area contributed by atoms with Gasteiger partial charge in [0.25, 0.3) is 5.91 Å². The number of methoxy groups -OCH3 is 1. The summed E-state index contributed by atoms with van der Waals surface area (Å²) >= 11 is 0. The molecule has 0 unspecified atom stereocenters. The van der Waals surface area contributed by atoms with Crippen LogP contribution in [-0.4, -0.2) is 25.1 Å². The van der Waals surface area contributed by atoms with E-state index in [1.54, 1.807) is 7.11 Å². The van der Waals surface area contributed by atoms with Gasteiger partial charge in [0.15, 0.2) is 6.04 Å². The van der Waals surface area contributed by atoms with Crippen molar-refractivity contribution in [3.8, 4) is 5.75 Å². The average molecular weight is 277 g/mol. The first-order valence-electron chi connectivity index (χ1n) is 7.43. The van der Waals surface area contributed by atoms with Crippen molar-refractivity contribution in [2.24, 2.45) is 0 Å². The summed E-state index contributed by atoms with van der Waals surface area (Å²) in [6.45, 7) is 4.13. The second-order valence-electron chi connectivity index (χ2n) is 5.55. The lowest BCUT2D eigenvalue weighted by Gasteiger charge is -2.19. The van der Waals surface area contributed by atoms with Gasteiger partial charge in [-0.05, 0) is 44.0 Å². The third-order valence-corrected chi connectivity index (χ3v) is 3.84. The van der Waals surface area contributed by atoms with E-state index >= 15 is 0 Å². The molecule has 110 valence electrons. The number of amides is 1. The van der Waals surface area contributed by atoms with Gasteiger partial charge in [-0.2, -0.15) is 0 Å². The maximum absolute atomic E-state index is 12.0. The topological polar surface area (TPSA) is 54.9 Å². The van der Waals surface area contributed by atoms with Crippen LogP contribution >= 0.6 is 0 Å². The summed E-state index contributed by atoms with van der Waals surface area (Å²) in [4.78, 5) is 12.0. The van der Waals surface area contributed by atoms with Crippen LogP contribution in [0.1, 0.15) is 44.7 Å². The first-order valence-corrected chi connectivity index (χ1v) is 7.43. The molecule has 1 aliphatic rings. The number of nitrogens with two attached hydrogens (primary N) is 1. The lowest BCUT2D eigenvalue weighted by molar-refractivity contribution is -0.713. The van der Waals surface area contributed by atoms with Gasteiger partial charge < -0.3 is 15.4 Å². The molecule has 1 aromatic rings. The molecule has 1 aromatic carbocycles. The van der Waals surface area contributed by atoms with E-state index in [0.29, 0.717) is 12.1 Å². The predicted molar refractivity (Wildman–Crippen MR) is 78.6 cm³/mol. The van der Waals surface area contributed by atoms with Gasteiger partial charge >= 0.3 is 0 Å². The summed E-state index contributed by atoms with van der Waals surface area (Å²) < 4.78 is 5.18. The lowest BCUT2D eigenvalue weighted by Crippen LogP contribution is -2.92. The second-order valence-corrected chi connectivity index (χ2v) is 5.55. The second kappa shape index (κ2) is 6.75. The molecular weight excluding hydrogens is 252 g/mol.